The maximum absolute atomic E-state index is 12.9. The van der Waals surface area contributed by atoms with E-state index >= 15 is 0 Å². The zero-order valence-electron chi connectivity index (χ0n) is 15.9. The molecule has 0 spiro atoms. The van der Waals surface area contributed by atoms with Crippen molar-refractivity contribution in [3.8, 4) is 0 Å². The molecule has 0 aliphatic heterocycles. The van der Waals surface area contributed by atoms with E-state index in [1.54, 1.807) is 6.07 Å². The Morgan fingerprint density at radius 1 is 1.07 bits per heavy atom. The fraction of sp³-hybridized carbons (Fsp3) is 0.619. The van der Waals surface area contributed by atoms with Gasteiger partial charge in [0.1, 0.15) is 0 Å². The standard InChI is InChI=1S/C21H29N3O2.ClH/c1-12-5-6-15(20(25)23-17-7-8-17)11-18(12)24-21(26)16-9-13-3-2-4-14(10-16)19(13)22;/h5-6,11,13-14,16-17,19H,2-4,7-10,22H2,1H3,(H,23,25)(H,24,26);1H. The molecular formula is C21H30ClN3O2. The highest BCUT2D eigenvalue weighted by molar-refractivity contribution is 5.98. The number of nitrogens with one attached hydrogen (secondary N) is 2. The molecule has 0 heterocycles. The van der Waals surface area contributed by atoms with Crippen molar-refractivity contribution in [2.45, 2.75) is 64.0 Å². The van der Waals surface area contributed by atoms with Gasteiger partial charge in [0, 0.05) is 29.3 Å². The zero-order valence-corrected chi connectivity index (χ0v) is 16.7. The zero-order chi connectivity index (χ0) is 18.3. The first-order valence-corrected chi connectivity index (χ1v) is 9.99. The molecule has 3 aliphatic carbocycles. The van der Waals surface area contributed by atoms with E-state index < -0.39 is 0 Å². The molecule has 0 radical (unpaired) electrons. The van der Waals surface area contributed by atoms with E-state index in [4.69, 9.17) is 5.73 Å². The average molecular weight is 392 g/mol. The lowest BCUT2D eigenvalue weighted by Gasteiger charge is -2.43. The van der Waals surface area contributed by atoms with Gasteiger partial charge in [0.2, 0.25) is 5.91 Å². The molecule has 4 N–H and O–H groups in total. The summed E-state index contributed by atoms with van der Waals surface area (Å²) in [6.45, 7) is 1.96. The van der Waals surface area contributed by atoms with Crippen molar-refractivity contribution in [2.24, 2.45) is 23.5 Å². The number of anilines is 1. The second-order valence-electron chi connectivity index (χ2n) is 8.46. The third kappa shape index (κ3) is 4.46. The highest BCUT2D eigenvalue weighted by Gasteiger charge is 2.40. The van der Waals surface area contributed by atoms with Crippen molar-refractivity contribution in [1.82, 2.24) is 5.32 Å². The van der Waals surface area contributed by atoms with Gasteiger partial charge in [-0.1, -0.05) is 12.5 Å². The van der Waals surface area contributed by atoms with Crippen molar-refractivity contribution in [1.29, 1.82) is 0 Å². The number of nitrogens with two attached hydrogens (primary N) is 1. The lowest BCUT2D eigenvalue weighted by Crippen LogP contribution is -2.48. The molecule has 2 amide bonds. The van der Waals surface area contributed by atoms with Crippen LogP contribution in [0.5, 0.6) is 0 Å². The minimum Gasteiger partial charge on any atom is -0.349 e. The topological polar surface area (TPSA) is 84.2 Å². The van der Waals surface area contributed by atoms with Crippen LogP contribution in [0.4, 0.5) is 5.69 Å². The molecule has 1 aromatic rings. The largest absolute Gasteiger partial charge is 0.349 e. The van der Waals surface area contributed by atoms with Crippen LogP contribution in [-0.2, 0) is 4.79 Å². The van der Waals surface area contributed by atoms with Crippen LogP contribution in [0.2, 0.25) is 0 Å². The minimum absolute atomic E-state index is 0. The fourth-order valence-corrected chi connectivity index (χ4v) is 4.63. The summed E-state index contributed by atoms with van der Waals surface area (Å²) in [5.41, 5.74) is 8.69. The van der Waals surface area contributed by atoms with E-state index in [-0.39, 0.29) is 36.2 Å². The summed E-state index contributed by atoms with van der Waals surface area (Å²) in [5, 5.41) is 6.09. The summed E-state index contributed by atoms with van der Waals surface area (Å²) < 4.78 is 0. The highest BCUT2D eigenvalue weighted by atomic mass is 35.5. The maximum Gasteiger partial charge on any atom is 0.251 e. The van der Waals surface area contributed by atoms with Crippen LogP contribution in [0.25, 0.3) is 0 Å². The third-order valence-corrected chi connectivity index (χ3v) is 6.45. The number of aryl methyl sites for hydroxylation is 1. The number of carbonyl (C=O) groups excluding carboxylic acids is 2. The SMILES string of the molecule is Cc1ccc(C(=O)NC2CC2)cc1NC(=O)C1CC2CCCC(C1)C2N.Cl. The van der Waals surface area contributed by atoms with Crippen LogP contribution in [-0.4, -0.2) is 23.9 Å². The smallest absolute Gasteiger partial charge is 0.251 e. The molecule has 3 saturated carbocycles. The first-order valence-electron chi connectivity index (χ1n) is 9.99. The predicted octanol–water partition coefficient (Wildman–Crippen LogP) is 3.40. The summed E-state index contributed by atoms with van der Waals surface area (Å²) in [7, 11) is 0. The second-order valence-corrected chi connectivity index (χ2v) is 8.46. The number of amides is 2. The Hall–Kier alpha value is -1.59. The van der Waals surface area contributed by atoms with Gasteiger partial charge >= 0.3 is 0 Å². The first kappa shape index (κ1) is 20.2. The van der Waals surface area contributed by atoms with Crippen LogP contribution in [0, 0.1) is 24.7 Å². The van der Waals surface area contributed by atoms with Gasteiger partial charge in [0.05, 0.1) is 0 Å². The first-order chi connectivity index (χ1) is 12.5. The van der Waals surface area contributed by atoms with Gasteiger partial charge in [-0.05, 0) is 75.0 Å². The Bertz CT molecular complexity index is 705. The van der Waals surface area contributed by atoms with Crippen LogP contribution in [0.3, 0.4) is 0 Å². The Kier molecular flexibility index (Phi) is 6.11. The Morgan fingerprint density at radius 2 is 1.74 bits per heavy atom. The summed E-state index contributed by atoms with van der Waals surface area (Å²) >= 11 is 0. The minimum atomic E-state index is -0.0545. The molecule has 2 unspecified atom stereocenters. The number of halogens is 1. The van der Waals surface area contributed by atoms with Crippen LogP contribution >= 0.6 is 12.4 Å². The summed E-state index contributed by atoms with van der Waals surface area (Å²) in [4.78, 5) is 25.2. The lowest BCUT2D eigenvalue weighted by atomic mass is 9.65. The van der Waals surface area contributed by atoms with Gasteiger partial charge in [-0.3, -0.25) is 9.59 Å². The molecule has 0 saturated heterocycles. The monoisotopic (exact) mass is 391 g/mol. The van der Waals surface area contributed by atoms with Gasteiger partial charge in [-0.25, -0.2) is 0 Å². The number of hydrogen-bond acceptors (Lipinski definition) is 3. The van der Waals surface area contributed by atoms with E-state index in [0.717, 1.165) is 49.8 Å². The molecule has 6 heteroatoms. The number of carbonyl (C=O) groups is 2. The van der Waals surface area contributed by atoms with Gasteiger partial charge in [0.15, 0.2) is 0 Å². The summed E-state index contributed by atoms with van der Waals surface area (Å²) in [5.74, 6) is 1.02. The summed E-state index contributed by atoms with van der Waals surface area (Å²) in [6.07, 6.45) is 7.46. The van der Waals surface area contributed by atoms with Crippen molar-refractivity contribution >= 4 is 29.9 Å². The van der Waals surface area contributed by atoms with Crippen LogP contribution in [0.15, 0.2) is 18.2 Å². The van der Waals surface area contributed by atoms with E-state index in [1.807, 2.05) is 19.1 Å². The maximum atomic E-state index is 12.9. The van der Waals surface area contributed by atoms with E-state index in [9.17, 15) is 9.59 Å². The number of rotatable bonds is 4. The molecule has 27 heavy (non-hydrogen) atoms. The summed E-state index contributed by atoms with van der Waals surface area (Å²) in [6, 6.07) is 6.13. The van der Waals surface area contributed by atoms with Crippen LogP contribution < -0.4 is 16.4 Å². The molecule has 3 fully saturated rings. The third-order valence-electron chi connectivity index (χ3n) is 6.45. The van der Waals surface area contributed by atoms with Gasteiger partial charge in [-0.2, -0.15) is 0 Å². The molecule has 0 aromatic heterocycles. The van der Waals surface area contributed by atoms with E-state index in [0.29, 0.717) is 23.4 Å². The van der Waals surface area contributed by atoms with Gasteiger partial charge in [-0.15, -0.1) is 12.4 Å². The number of fused-ring (bicyclic) bond motifs is 2. The highest BCUT2D eigenvalue weighted by Crippen LogP contribution is 2.42. The molecule has 1 aromatic carbocycles. The fourth-order valence-electron chi connectivity index (χ4n) is 4.63. The number of benzene rings is 1. The normalized spacial score (nSPS) is 29.4. The lowest BCUT2D eigenvalue weighted by molar-refractivity contribution is -0.122. The second kappa shape index (κ2) is 8.19. The van der Waals surface area contributed by atoms with E-state index in [2.05, 4.69) is 10.6 Å². The molecular weight excluding hydrogens is 362 g/mol. The van der Waals surface area contributed by atoms with Gasteiger partial charge in [0.25, 0.3) is 5.91 Å². The average Bonchev–Trinajstić information content (AvgIpc) is 3.40. The molecule has 5 nitrogen and oxygen atoms in total. The Morgan fingerprint density at radius 3 is 2.37 bits per heavy atom. The van der Waals surface area contributed by atoms with Gasteiger partial charge < -0.3 is 16.4 Å². The Labute approximate surface area is 167 Å². The van der Waals surface area contributed by atoms with Crippen molar-refractivity contribution in [2.75, 3.05) is 5.32 Å². The van der Waals surface area contributed by atoms with Crippen molar-refractivity contribution in [3.05, 3.63) is 29.3 Å². The molecule has 4 rings (SSSR count). The Balaban J connectivity index is 0.00000210. The van der Waals surface area contributed by atoms with Crippen molar-refractivity contribution < 1.29 is 9.59 Å². The molecule has 148 valence electrons. The molecule has 2 bridgehead atoms. The quantitative estimate of drug-likeness (QED) is 0.735. The van der Waals surface area contributed by atoms with Crippen molar-refractivity contribution in [3.63, 3.8) is 0 Å². The molecule has 3 aliphatic rings. The number of hydrogen-bond donors (Lipinski definition) is 3. The van der Waals surface area contributed by atoms with E-state index in [1.165, 1.54) is 6.42 Å². The predicted molar refractivity (Wildman–Crippen MR) is 109 cm³/mol. The van der Waals surface area contributed by atoms with Crippen LogP contribution in [0.1, 0.15) is 60.9 Å². The molecule has 2 atom stereocenters.